The fourth-order valence-electron chi connectivity index (χ4n) is 2.67. The maximum atomic E-state index is 13.8. The van der Waals surface area contributed by atoms with Crippen molar-refractivity contribution in [3.63, 3.8) is 0 Å². The number of hydrogen-bond donors (Lipinski definition) is 1. The van der Waals surface area contributed by atoms with Crippen molar-refractivity contribution in [2.24, 2.45) is 0 Å². The Bertz CT molecular complexity index is 1050. The van der Waals surface area contributed by atoms with Crippen LogP contribution in [-0.2, 0) is 14.8 Å². The first-order valence-electron chi connectivity index (χ1n) is 8.25. The Morgan fingerprint density at radius 1 is 1.29 bits per heavy atom. The minimum absolute atomic E-state index is 0.00555. The van der Waals surface area contributed by atoms with Crippen LogP contribution in [0.5, 0.6) is 0 Å². The number of sulfonamides is 1. The van der Waals surface area contributed by atoms with Gasteiger partial charge in [0, 0.05) is 17.3 Å². The molecule has 0 radical (unpaired) electrons. The van der Waals surface area contributed by atoms with E-state index in [-0.39, 0.29) is 33.5 Å². The Morgan fingerprint density at radius 3 is 2.68 bits per heavy atom. The number of hydrogen-bond acceptors (Lipinski definition) is 5. The van der Waals surface area contributed by atoms with Crippen LogP contribution in [-0.4, -0.2) is 42.1 Å². The smallest absolute Gasteiger partial charge is 0.269 e. The van der Waals surface area contributed by atoms with Gasteiger partial charge >= 0.3 is 0 Å². The van der Waals surface area contributed by atoms with Gasteiger partial charge in [0.2, 0.25) is 5.91 Å². The standard InChI is InChI=1S/C18H16ClFN2O4S2/c1-11(17(23)21-15-7-6-12(19)10-14(15)20)27-9-8-22-18(24)13-4-2-3-5-16(13)28(22,25)26/h2-7,10-11H,8-9H2,1H3,(H,21,23)/t11-/m1/s1. The van der Waals surface area contributed by atoms with Gasteiger partial charge in [-0.05, 0) is 37.3 Å². The normalized spacial score (nSPS) is 16.0. The Morgan fingerprint density at radius 2 is 2.00 bits per heavy atom. The highest BCUT2D eigenvalue weighted by Crippen LogP contribution is 2.30. The quantitative estimate of drug-likeness (QED) is 0.741. The topological polar surface area (TPSA) is 83.6 Å². The summed E-state index contributed by atoms with van der Waals surface area (Å²) in [5.41, 5.74) is 0.158. The summed E-state index contributed by atoms with van der Waals surface area (Å²) in [4.78, 5) is 24.5. The third-order valence-corrected chi connectivity index (χ3v) is 7.34. The van der Waals surface area contributed by atoms with Crippen molar-refractivity contribution in [2.45, 2.75) is 17.1 Å². The van der Waals surface area contributed by atoms with Crippen molar-refractivity contribution in [1.29, 1.82) is 0 Å². The van der Waals surface area contributed by atoms with Crippen LogP contribution in [0.25, 0.3) is 0 Å². The molecular weight excluding hydrogens is 427 g/mol. The van der Waals surface area contributed by atoms with Crippen LogP contribution in [0.1, 0.15) is 17.3 Å². The van der Waals surface area contributed by atoms with E-state index in [1.54, 1.807) is 19.1 Å². The van der Waals surface area contributed by atoms with Crippen molar-refractivity contribution in [2.75, 3.05) is 17.6 Å². The molecule has 0 aromatic heterocycles. The van der Waals surface area contributed by atoms with Crippen LogP contribution in [0.15, 0.2) is 47.4 Å². The van der Waals surface area contributed by atoms with E-state index in [0.717, 1.165) is 22.1 Å². The van der Waals surface area contributed by atoms with E-state index in [1.807, 2.05) is 0 Å². The number of thioether (sulfide) groups is 1. The Hall–Kier alpha value is -2.10. The lowest BCUT2D eigenvalue weighted by Gasteiger charge is -2.17. The summed E-state index contributed by atoms with van der Waals surface area (Å²) in [6.07, 6.45) is 0. The molecule has 1 aliphatic heterocycles. The summed E-state index contributed by atoms with van der Waals surface area (Å²) in [5, 5.41) is 2.10. The Balaban J connectivity index is 1.58. The summed E-state index contributed by atoms with van der Waals surface area (Å²) in [6.45, 7) is 1.55. The van der Waals surface area contributed by atoms with Gasteiger partial charge in [0.25, 0.3) is 15.9 Å². The maximum absolute atomic E-state index is 13.8. The average molecular weight is 443 g/mol. The van der Waals surface area contributed by atoms with Crippen LogP contribution in [0.4, 0.5) is 10.1 Å². The van der Waals surface area contributed by atoms with Crippen LogP contribution in [0, 0.1) is 5.82 Å². The molecule has 148 valence electrons. The number of halogens is 2. The molecule has 0 fully saturated rings. The molecule has 6 nitrogen and oxygen atoms in total. The third-order valence-electron chi connectivity index (χ3n) is 4.13. The number of fused-ring (bicyclic) bond motifs is 1. The second-order valence-corrected chi connectivity index (χ2v) is 9.72. The zero-order chi connectivity index (χ0) is 20.5. The number of amides is 2. The molecule has 2 aromatic rings. The molecule has 2 aromatic carbocycles. The van der Waals surface area contributed by atoms with Crippen molar-refractivity contribution in [3.05, 3.63) is 58.9 Å². The van der Waals surface area contributed by atoms with Gasteiger partial charge in [-0.1, -0.05) is 23.7 Å². The van der Waals surface area contributed by atoms with E-state index >= 15 is 0 Å². The van der Waals surface area contributed by atoms with E-state index in [4.69, 9.17) is 11.6 Å². The van der Waals surface area contributed by atoms with Crippen molar-refractivity contribution < 1.29 is 22.4 Å². The first-order chi connectivity index (χ1) is 13.2. The van der Waals surface area contributed by atoms with E-state index in [2.05, 4.69) is 5.32 Å². The zero-order valence-electron chi connectivity index (χ0n) is 14.7. The summed E-state index contributed by atoms with van der Waals surface area (Å²) in [6, 6.07) is 9.94. The van der Waals surface area contributed by atoms with Gasteiger partial charge in [0.1, 0.15) is 10.7 Å². The SMILES string of the molecule is C[C@@H](SCCN1C(=O)c2ccccc2S1(=O)=O)C(=O)Nc1ccc(Cl)cc1F. The van der Waals surface area contributed by atoms with Gasteiger partial charge in [-0.15, -0.1) is 11.8 Å². The predicted octanol–water partition coefficient (Wildman–Crippen LogP) is 3.38. The number of rotatable bonds is 6. The summed E-state index contributed by atoms with van der Waals surface area (Å²) >= 11 is 6.84. The van der Waals surface area contributed by atoms with E-state index in [1.165, 1.54) is 24.3 Å². The highest BCUT2D eigenvalue weighted by molar-refractivity contribution is 8.00. The minimum atomic E-state index is -3.86. The number of anilines is 1. The molecule has 1 heterocycles. The lowest BCUT2D eigenvalue weighted by Crippen LogP contribution is -2.33. The maximum Gasteiger partial charge on any atom is 0.269 e. The molecule has 0 unspecified atom stereocenters. The Labute approximate surface area is 171 Å². The van der Waals surface area contributed by atoms with Gasteiger partial charge in [0.15, 0.2) is 0 Å². The number of carbonyl (C=O) groups excluding carboxylic acids is 2. The summed E-state index contributed by atoms with van der Waals surface area (Å²) in [5.74, 6) is -1.44. The van der Waals surface area contributed by atoms with Crippen molar-refractivity contribution >= 4 is 50.9 Å². The number of nitrogens with zero attached hydrogens (tertiary/aromatic N) is 1. The average Bonchev–Trinajstić information content (AvgIpc) is 2.84. The molecule has 0 aliphatic carbocycles. The minimum Gasteiger partial charge on any atom is -0.323 e. The van der Waals surface area contributed by atoms with Gasteiger partial charge in [-0.25, -0.2) is 17.1 Å². The van der Waals surface area contributed by atoms with Gasteiger partial charge in [-0.2, -0.15) is 0 Å². The molecule has 2 amide bonds. The second-order valence-electron chi connectivity index (χ2n) is 6.00. The van der Waals surface area contributed by atoms with Gasteiger partial charge < -0.3 is 5.32 Å². The van der Waals surface area contributed by atoms with Crippen LogP contribution >= 0.6 is 23.4 Å². The second kappa shape index (κ2) is 8.10. The molecule has 3 rings (SSSR count). The molecule has 1 atom stereocenters. The summed E-state index contributed by atoms with van der Waals surface area (Å²) < 4.78 is 39.5. The largest absolute Gasteiger partial charge is 0.323 e. The highest BCUT2D eigenvalue weighted by Gasteiger charge is 2.40. The lowest BCUT2D eigenvalue weighted by molar-refractivity contribution is -0.115. The molecule has 0 bridgehead atoms. The summed E-state index contributed by atoms with van der Waals surface area (Å²) in [7, 11) is -3.86. The monoisotopic (exact) mass is 442 g/mol. The molecule has 1 N–H and O–H groups in total. The number of nitrogens with one attached hydrogen (secondary N) is 1. The Kier molecular flexibility index (Phi) is 5.97. The van der Waals surface area contributed by atoms with Crippen LogP contribution < -0.4 is 5.32 Å². The van der Waals surface area contributed by atoms with Crippen molar-refractivity contribution in [1.82, 2.24) is 4.31 Å². The van der Waals surface area contributed by atoms with E-state index in [9.17, 15) is 22.4 Å². The first kappa shape index (κ1) is 20.6. The lowest BCUT2D eigenvalue weighted by atomic mass is 10.2. The molecule has 0 saturated carbocycles. The molecule has 0 saturated heterocycles. The zero-order valence-corrected chi connectivity index (χ0v) is 17.1. The number of carbonyl (C=O) groups is 2. The molecular formula is C18H16ClFN2O4S2. The first-order valence-corrected chi connectivity index (χ1v) is 11.1. The van der Waals surface area contributed by atoms with Crippen molar-refractivity contribution in [3.8, 4) is 0 Å². The van der Waals surface area contributed by atoms with Crippen LogP contribution in [0.2, 0.25) is 5.02 Å². The molecule has 1 aliphatic rings. The highest BCUT2D eigenvalue weighted by atomic mass is 35.5. The number of benzene rings is 2. The molecule has 10 heteroatoms. The van der Waals surface area contributed by atoms with Gasteiger partial charge in [0.05, 0.1) is 16.5 Å². The van der Waals surface area contributed by atoms with E-state index < -0.39 is 32.9 Å². The van der Waals surface area contributed by atoms with Gasteiger partial charge in [-0.3, -0.25) is 9.59 Å². The molecule has 0 spiro atoms. The van der Waals surface area contributed by atoms with E-state index in [0.29, 0.717) is 0 Å². The fourth-order valence-corrected chi connectivity index (χ4v) is 5.36. The molecule has 28 heavy (non-hydrogen) atoms. The fraction of sp³-hybridized carbons (Fsp3) is 0.222. The predicted molar refractivity (Wildman–Crippen MR) is 107 cm³/mol. The third kappa shape index (κ3) is 4.01. The van der Waals surface area contributed by atoms with Crippen LogP contribution in [0.3, 0.4) is 0 Å².